The number of hydrogen-bond acceptors (Lipinski definition) is 3. The first-order valence-corrected chi connectivity index (χ1v) is 23.4. The molecule has 0 aromatic rings. The molecule has 0 bridgehead atoms. The molecule has 2 atom stereocenters. The van der Waals surface area contributed by atoms with Gasteiger partial charge in [-0.1, -0.05) is 212 Å². The fourth-order valence-electron chi connectivity index (χ4n) is 6.08. The first-order chi connectivity index (χ1) is 28.7. The van der Waals surface area contributed by atoms with Crippen LogP contribution in [0.5, 0.6) is 0 Å². The van der Waals surface area contributed by atoms with Gasteiger partial charge in [-0.25, -0.2) is 0 Å². The van der Waals surface area contributed by atoms with Crippen LogP contribution in [0, 0.1) is 0 Å². The SMILES string of the molecule is CC/C=C\C/C=C\C/C=C\C/C=C\C/C=C\C/C=C\C/C=C\C/C=C\C/C=C\CCCC(=O)NC(CO)C(O)/C=C/CC/C=C/CCCCCCCCCCCCC. The summed E-state index contributed by atoms with van der Waals surface area (Å²) in [5.41, 5.74) is 0. The summed E-state index contributed by atoms with van der Waals surface area (Å²) in [6, 6.07) is -0.680. The Balaban J connectivity index is 3.81. The van der Waals surface area contributed by atoms with Crippen molar-refractivity contribution in [2.24, 2.45) is 0 Å². The Morgan fingerprint density at radius 1 is 0.431 bits per heavy atom. The molecule has 4 nitrogen and oxygen atoms in total. The van der Waals surface area contributed by atoms with Crippen molar-refractivity contribution in [3.63, 3.8) is 0 Å². The number of allylic oxidation sites excluding steroid dienone is 21. The van der Waals surface area contributed by atoms with Crippen LogP contribution in [0.15, 0.2) is 134 Å². The van der Waals surface area contributed by atoms with Gasteiger partial charge in [0.2, 0.25) is 5.91 Å². The third-order valence-electron chi connectivity index (χ3n) is 9.62. The Morgan fingerprint density at radius 3 is 1.21 bits per heavy atom. The van der Waals surface area contributed by atoms with Crippen molar-refractivity contribution < 1.29 is 15.0 Å². The number of unbranched alkanes of at least 4 members (excludes halogenated alkanes) is 13. The van der Waals surface area contributed by atoms with Crippen LogP contribution < -0.4 is 5.32 Å². The minimum Gasteiger partial charge on any atom is -0.394 e. The van der Waals surface area contributed by atoms with Crippen LogP contribution in [0.25, 0.3) is 0 Å². The minimum atomic E-state index is -0.896. The van der Waals surface area contributed by atoms with E-state index in [1.54, 1.807) is 6.08 Å². The number of carbonyl (C=O) groups excluding carboxylic acids is 1. The molecule has 0 aliphatic rings. The number of nitrogens with one attached hydrogen (secondary N) is 1. The van der Waals surface area contributed by atoms with Gasteiger partial charge in [0.1, 0.15) is 0 Å². The second kappa shape index (κ2) is 47.9. The predicted molar refractivity (Wildman–Crippen MR) is 257 cm³/mol. The highest BCUT2D eigenvalue weighted by Gasteiger charge is 2.17. The van der Waals surface area contributed by atoms with E-state index in [4.69, 9.17) is 0 Å². The lowest BCUT2D eigenvalue weighted by Gasteiger charge is -2.19. The number of aliphatic hydroxyl groups is 2. The van der Waals surface area contributed by atoms with E-state index < -0.39 is 12.1 Å². The van der Waals surface area contributed by atoms with E-state index >= 15 is 0 Å². The molecule has 4 heteroatoms. The van der Waals surface area contributed by atoms with Gasteiger partial charge in [0, 0.05) is 6.42 Å². The lowest BCUT2D eigenvalue weighted by Crippen LogP contribution is -2.45. The molecule has 0 fully saturated rings. The topological polar surface area (TPSA) is 69.6 Å². The van der Waals surface area contributed by atoms with Crippen molar-refractivity contribution in [2.75, 3.05) is 6.61 Å². The van der Waals surface area contributed by atoms with Crippen molar-refractivity contribution in [1.82, 2.24) is 5.32 Å². The Hall–Kier alpha value is -3.47. The van der Waals surface area contributed by atoms with E-state index in [0.717, 1.165) is 89.9 Å². The van der Waals surface area contributed by atoms with Crippen LogP contribution in [-0.2, 0) is 4.79 Å². The number of hydrogen-bond donors (Lipinski definition) is 3. The van der Waals surface area contributed by atoms with E-state index in [9.17, 15) is 15.0 Å². The van der Waals surface area contributed by atoms with Gasteiger partial charge in [-0.15, -0.1) is 0 Å². The molecule has 3 N–H and O–H groups in total. The van der Waals surface area contributed by atoms with Gasteiger partial charge >= 0.3 is 0 Å². The molecule has 0 heterocycles. The Kier molecular flexibility index (Phi) is 45.0. The monoisotopic (exact) mass is 798 g/mol. The molecule has 0 saturated heterocycles. The molecule has 326 valence electrons. The summed E-state index contributed by atoms with van der Waals surface area (Å²) in [4.78, 5) is 12.4. The van der Waals surface area contributed by atoms with Gasteiger partial charge in [-0.05, 0) is 96.3 Å². The van der Waals surface area contributed by atoms with E-state index in [-0.39, 0.29) is 12.5 Å². The first kappa shape index (κ1) is 54.5. The number of carbonyl (C=O) groups is 1. The minimum absolute atomic E-state index is 0.138. The standard InChI is InChI=1S/C54H87NO3/c1-3-5-7-9-11-13-15-17-19-21-22-23-24-25-26-27-28-29-30-31-32-34-36-38-40-42-44-46-48-50-54(58)55-52(51-56)53(57)49-47-45-43-41-39-37-35-33-20-18-16-14-12-10-8-6-4-2/h5,7,11,13,17,19,22-23,25-26,28-29,31-32,36,38-39,41-42,44,47,49,52-53,56-57H,3-4,6,8-10,12,14-16,18,20-21,24,27,30,33-35,37,40,43,45-46,48,50-51H2,1-2H3,(H,55,58)/b7-5-,13-11-,19-17-,23-22-,26-25-,29-28-,32-31-,38-36-,41-39+,44-42-,49-47+. The zero-order valence-electron chi connectivity index (χ0n) is 37.3. The third-order valence-corrected chi connectivity index (χ3v) is 9.62. The summed E-state index contributed by atoms with van der Waals surface area (Å²) in [5, 5.41) is 23.0. The average molecular weight is 798 g/mol. The van der Waals surface area contributed by atoms with Gasteiger partial charge in [-0.2, -0.15) is 0 Å². The van der Waals surface area contributed by atoms with Gasteiger partial charge in [-0.3, -0.25) is 4.79 Å². The Morgan fingerprint density at radius 2 is 0.776 bits per heavy atom. The quantitative estimate of drug-likeness (QED) is 0.0427. The maximum absolute atomic E-state index is 12.4. The van der Waals surface area contributed by atoms with Gasteiger partial charge < -0.3 is 15.5 Å². The predicted octanol–water partition coefficient (Wildman–Crippen LogP) is 15.1. The molecule has 58 heavy (non-hydrogen) atoms. The fourth-order valence-corrected chi connectivity index (χ4v) is 6.08. The molecule has 0 aromatic heterocycles. The molecular formula is C54H87NO3. The highest BCUT2D eigenvalue weighted by molar-refractivity contribution is 5.76. The molecule has 2 unspecified atom stereocenters. The zero-order chi connectivity index (χ0) is 42.1. The Bertz CT molecular complexity index is 1220. The summed E-state index contributed by atoms with van der Waals surface area (Å²) >= 11 is 0. The summed E-state index contributed by atoms with van der Waals surface area (Å²) in [5.74, 6) is -0.138. The lowest BCUT2D eigenvalue weighted by atomic mass is 10.1. The van der Waals surface area contributed by atoms with Crippen LogP contribution in [0.4, 0.5) is 0 Å². The smallest absolute Gasteiger partial charge is 0.220 e. The van der Waals surface area contributed by atoms with Crippen LogP contribution in [0.2, 0.25) is 0 Å². The Labute approximate surface area is 358 Å². The van der Waals surface area contributed by atoms with E-state index in [0.29, 0.717) is 6.42 Å². The molecule has 0 aliphatic carbocycles. The molecule has 0 aromatic carbocycles. The second-order valence-corrected chi connectivity index (χ2v) is 15.1. The van der Waals surface area contributed by atoms with Crippen molar-refractivity contribution in [2.45, 2.75) is 193 Å². The van der Waals surface area contributed by atoms with Gasteiger partial charge in [0.25, 0.3) is 0 Å². The highest BCUT2D eigenvalue weighted by Crippen LogP contribution is 2.12. The second-order valence-electron chi connectivity index (χ2n) is 15.1. The summed E-state index contributed by atoms with van der Waals surface area (Å²) in [6.45, 7) is 4.14. The average Bonchev–Trinajstić information content (AvgIpc) is 3.23. The first-order valence-electron chi connectivity index (χ1n) is 23.4. The normalized spacial score (nSPS) is 14.2. The highest BCUT2D eigenvalue weighted by atomic mass is 16.3. The number of aliphatic hydroxyl groups excluding tert-OH is 2. The maximum atomic E-state index is 12.4. The van der Waals surface area contributed by atoms with E-state index in [2.05, 4.69) is 141 Å². The third kappa shape index (κ3) is 43.6. The van der Waals surface area contributed by atoms with Gasteiger partial charge in [0.05, 0.1) is 18.8 Å². The van der Waals surface area contributed by atoms with Gasteiger partial charge in [0.15, 0.2) is 0 Å². The largest absolute Gasteiger partial charge is 0.394 e. The van der Waals surface area contributed by atoms with Crippen molar-refractivity contribution >= 4 is 5.91 Å². The fraction of sp³-hybridized carbons (Fsp3) is 0.574. The van der Waals surface area contributed by atoms with E-state index in [1.165, 1.54) is 70.6 Å². The van der Waals surface area contributed by atoms with E-state index in [1.807, 2.05) is 6.08 Å². The number of amides is 1. The number of rotatable bonds is 40. The molecule has 0 spiro atoms. The van der Waals surface area contributed by atoms with Crippen molar-refractivity contribution in [1.29, 1.82) is 0 Å². The zero-order valence-corrected chi connectivity index (χ0v) is 37.3. The van der Waals surface area contributed by atoms with Crippen LogP contribution >= 0.6 is 0 Å². The van der Waals surface area contributed by atoms with Crippen LogP contribution in [0.1, 0.15) is 181 Å². The molecule has 0 aliphatic heterocycles. The van der Waals surface area contributed by atoms with Crippen LogP contribution in [-0.4, -0.2) is 34.9 Å². The summed E-state index contributed by atoms with van der Waals surface area (Å²) in [7, 11) is 0. The summed E-state index contributed by atoms with van der Waals surface area (Å²) in [6.07, 6.45) is 75.7. The summed E-state index contributed by atoms with van der Waals surface area (Å²) < 4.78 is 0. The molecule has 0 saturated carbocycles. The maximum Gasteiger partial charge on any atom is 0.220 e. The molecule has 1 amide bonds. The lowest BCUT2D eigenvalue weighted by molar-refractivity contribution is -0.122. The van der Waals surface area contributed by atoms with Crippen LogP contribution in [0.3, 0.4) is 0 Å². The van der Waals surface area contributed by atoms with Crippen molar-refractivity contribution in [3.05, 3.63) is 134 Å². The molecule has 0 rings (SSSR count). The van der Waals surface area contributed by atoms with Crippen molar-refractivity contribution in [3.8, 4) is 0 Å². The molecular weight excluding hydrogens is 711 g/mol. The molecule has 0 radical (unpaired) electrons.